The minimum Gasteiger partial charge on any atom is -0.484 e. The molecule has 0 N–H and O–H groups in total. The first kappa shape index (κ1) is 20.5. The first-order valence-corrected chi connectivity index (χ1v) is 12.5. The average Bonchev–Trinajstić information content (AvgIpc) is 3.29. The van der Waals surface area contributed by atoms with E-state index >= 15 is 0 Å². The Morgan fingerprint density at radius 1 is 1.00 bits per heavy atom. The fraction of sp³-hybridized carbons (Fsp3) is 0.348. The average molecular weight is 453 g/mol. The Kier molecular flexibility index (Phi) is 5.91. The Labute approximate surface area is 190 Å². The van der Waals surface area contributed by atoms with Crippen LogP contribution >= 0.6 is 23.5 Å². The van der Waals surface area contributed by atoms with Crippen LogP contribution < -0.4 is 14.5 Å². The molecule has 1 saturated heterocycles. The van der Waals surface area contributed by atoms with Gasteiger partial charge in [-0.3, -0.25) is 9.69 Å². The van der Waals surface area contributed by atoms with Gasteiger partial charge < -0.3 is 9.64 Å². The number of ether oxygens (including phenoxy) is 1. The van der Waals surface area contributed by atoms with Crippen molar-refractivity contribution in [1.29, 1.82) is 0 Å². The van der Waals surface area contributed by atoms with E-state index in [4.69, 9.17) is 14.7 Å². The highest BCUT2D eigenvalue weighted by Crippen LogP contribution is 2.45. The fourth-order valence-electron chi connectivity index (χ4n) is 3.83. The lowest BCUT2D eigenvalue weighted by Gasteiger charge is -2.23. The third kappa shape index (κ3) is 4.32. The number of aromatic nitrogens is 2. The van der Waals surface area contributed by atoms with Gasteiger partial charge in [0.05, 0.1) is 15.6 Å². The topological polar surface area (TPSA) is 58.6 Å². The smallest absolute Gasteiger partial charge is 0.266 e. The van der Waals surface area contributed by atoms with Crippen LogP contribution in [0.15, 0.2) is 48.5 Å². The van der Waals surface area contributed by atoms with Crippen molar-refractivity contribution in [3.63, 3.8) is 0 Å². The van der Waals surface area contributed by atoms with Gasteiger partial charge in [0, 0.05) is 31.6 Å². The third-order valence-corrected chi connectivity index (χ3v) is 8.57. The highest BCUT2D eigenvalue weighted by Gasteiger charge is 2.27. The molecular weight excluding hydrogens is 428 g/mol. The van der Waals surface area contributed by atoms with Gasteiger partial charge in [0.1, 0.15) is 5.75 Å². The van der Waals surface area contributed by atoms with Crippen LogP contribution in [0.5, 0.6) is 5.75 Å². The van der Waals surface area contributed by atoms with Gasteiger partial charge in [-0.05, 0) is 36.2 Å². The molecule has 2 aliphatic heterocycles. The summed E-state index contributed by atoms with van der Waals surface area (Å²) >= 11 is 3.96. The monoisotopic (exact) mass is 452 g/mol. The minimum absolute atomic E-state index is 0.0239. The van der Waals surface area contributed by atoms with E-state index in [1.165, 1.54) is 17.1 Å². The summed E-state index contributed by atoms with van der Waals surface area (Å²) in [7, 11) is 2.00. The van der Waals surface area contributed by atoms with Crippen LogP contribution in [0.4, 0.5) is 11.6 Å². The van der Waals surface area contributed by atoms with Gasteiger partial charge in [-0.1, -0.05) is 24.3 Å². The molecule has 1 amide bonds. The molecule has 0 saturated carbocycles. The molecule has 2 aromatic carbocycles. The first-order chi connectivity index (χ1) is 15.2. The Hall–Kier alpha value is -2.45. The van der Waals surface area contributed by atoms with Crippen molar-refractivity contribution in [2.45, 2.75) is 11.0 Å². The lowest BCUT2D eigenvalue weighted by Crippen LogP contribution is -2.36. The van der Waals surface area contributed by atoms with Crippen molar-refractivity contribution >= 4 is 52.1 Å². The summed E-state index contributed by atoms with van der Waals surface area (Å²) in [5, 5.41) is 0. The lowest BCUT2D eigenvalue weighted by molar-refractivity contribution is -0.120. The zero-order chi connectivity index (χ0) is 21.2. The van der Waals surface area contributed by atoms with E-state index in [2.05, 4.69) is 17.0 Å². The van der Waals surface area contributed by atoms with Crippen molar-refractivity contribution in [2.75, 3.05) is 48.0 Å². The highest BCUT2D eigenvalue weighted by molar-refractivity contribution is 8.19. The van der Waals surface area contributed by atoms with E-state index in [1.807, 2.05) is 67.0 Å². The summed E-state index contributed by atoms with van der Waals surface area (Å²) < 4.78 is 6.35. The van der Waals surface area contributed by atoms with E-state index in [9.17, 15) is 4.79 Å². The molecule has 5 rings (SSSR count). The highest BCUT2D eigenvalue weighted by atomic mass is 32.2. The van der Waals surface area contributed by atoms with Gasteiger partial charge in [0.25, 0.3) is 5.91 Å². The van der Waals surface area contributed by atoms with Crippen molar-refractivity contribution in [3.05, 3.63) is 54.1 Å². The first-order valence-electron chi connectivity index (χ1n) is 10.4. The summed E-state index contributed by atoms with van der Waals surface area (Å²) in [6.45, 7) is 1.40. The molecule has 31 heavy (non-hydrogen) atoms. The van der Waals surface area contributed by atoms with Crippen LogP contribution in [-0.4, -0.2) is 54.1 Å². The molecule has 1 aromatic heterocycles. The molecule has 1 fully saturated rings. The molecule has 3 heterocycles. The van der Waals surface area contributed by atoms with Gasteiger partial charge in [0.15, 0.2) is 18.2 Å². The van der Waals surface area contributed by atoms with Gasteiger partial charge in [-0.15, -0.1) is 23.5 Å². The quantitative estimate of drug-likeness (QED) is 0.583. The van der Waals surface area contributed by atoms with Gasteiger partial charge >= 0.3 is 0 Å². The molecular formula is C23H24N4O2S2. The molecule has 0 aliphatic carbocycles. The Morgan fingerprint density at radius 3 is 2.39 bits per heavy atom. The second-order valence-corrected chi connectivity index (χ2v) is 10.3. The van der Waals surface area contributed by atoms with Gasteiger partial charge in [-0.25, -0.2) is 9.97 Å². The number of para-hydroxylation sites is 2. The minimum atomic E-state index is -0.105. The van der Waals surface area contributed by atoms with Crippen molar-refractivity contribution in [1.82, 2.24) is 9.97 Å². The second kappa shape index (κ2) is 8.96. The lowest BCUT2D eigenvalue weighted by atomic mass is 10.2. The van der Waals surface area contributed by atoms with Crippen molar-refractivity contribution < 1.29 is 9.53 Å². The second-order valence-electron chi connectivity index (χ2n) is 7.61. The summed E-state index contributed by atoms with van der Waals surface area (Å²) in [5.41, 5.74) is 2.92. The third-order valence-electron chi connectivity index (χ3n) is 5.46. The number of thioether (sulfide) groups is 2. The van der Waals surface area contributed by atoms with E-state index in [0.717, 1.165) is 29.8 Å². The van der Waals surface area contributed by atoms with E-state index in [-0.39, 0.29) is 12.5 Å². The van der Waals surface area contributed by atoms with E-state index in [1.54, 1.807) is 4.90 Å². The summed E-state index contributed by atoms with van der Waals surface area (Å²) in [4.78, 5) is 26.5. The van der Waals surface area contributed by atoms with Gasteiger partial charge in [-0.2, -0.15) is 0 Å². The predicted octanol–water partition coefficient (Wildman–Crippen LogP) is 4.36. The molecule has 8 heteroatoms. The molecule has 3 aromatic rings. The Bertz CT molecular complexity index is 1090. The Morgan fingerprint density at radius 2 is 1.68 bits per heavy atom. The predicted molar refractivity (Wildman–Crippen MR) is 129 cm³/mol. The molecule has 0 unspecified atom stereocenters. The normalized spacial score (nSPS) is 16.9. The van der Waals surface area contributed by atoms with Gasteiger partial charge in [0.2, 0.25) is 0 Å². The van der Waals surface area contributed by atoms with E-state index < -0.39 is 0 Å². The zero-order valence-corrected chi connectivity index (χ0v) is 19.0. The standard InChI is InChI=1S/C23H24N4O2S2/c1-26-11-4-12-27(22-21(26)24-18-5-2-3-6-19(18)25-22)20(28)15-29-17-9-7-16(8-10-17)23-30-13-14-31-23/h2-3,5-10,23H,4,11-15H2,1H3. The number of carbonyl (C=O) groups is 1. The molecule has 0 spiro atoms. The number of rotatable bonds is 4. The molecule has 160 valence electrons. The number of nitrogens with zero attached hydrogens (tertiary/aromatic N) is 4. The molecule has 0 atom stereocenters. The van der Waals surface area contributed by atoms with Crippen LogP contribution in [0.3, 0.4) is 0 Å². The SMILES string of the molecule is CN1CCCN(C(=O)COc2ccc(C3SCCS3)cc2)c2nc3ccccc3nc21. The van der Waals surface area contributed by atoms with Crippen LogP contribution in [-0.2, 0) is 4.79 Å². The van der Waals surface area contributed by atoms with Crippen LogP contribution in [0.2, 0.25) is 0 Å². The molecule has 0 radical (unpaired) electrons. The summed E-state index contributed by atoms with van der Waals surface area (Å²) in [6, 6.07) is 15.9. The largest absolute Gasteiger partial charge is 0.484 e. The molecule has 2 aliphatic rings. The van der Waals surface area contributed by atoms with Crippen molar-refractivity contribution in [3.8, 4) is 5.75 Å². The summed E-state index contributed by atoms with van der Waals surface area (Å²) in [5.74, 6) is 4.35. The maximum absolute atomic E-state index is 13.1. The number of carbonyl (C=O) groups excluding carboxylic acids is 1. The molecule has 6 nitrogen and oxygen atoms in total. The maximum Gasteiger partial charge on any atom is 0.266 e. The van der Waals surface area contributed by atoms with Crippen LogP contribution in [0, 0.1) is 0 Å². The number of hydrogen-bond acceptors (Lipinski definition) is 7. The van der Waals surface area contributed by atoms with Crippen LogP contribution in [0.25, 0.3) is 11.0 Å². The number of amides is 1. The zero-order valence-electron chi connectivity index (χ0n) is 17.4. The number of anilines is 2. The van der Waals surface area contributed by atoms with E-state index in [0.29, 0.717) is 22.7 Å². The van der Waals surface area contributed by atoms with Crippen LogP contribution in [0.1, 0.15) is 16.6 Å². The number of fused-ring (bicyclic) bond motifs is 2. The number of benzene rings is 2. The summed E-state index contributed by atoms with van der Waals surface area (Å²) in [6.07, 6.45) is 0.849. The maximum atomic E-state index is 13.1. The Balaban J connectivity index is 1.33. The van der Waals surface area contributed by atoms with Crippen molar-refractivity contribution in [2.24, 2.45) is 0 Å². The fourth-order valence-corrected chi connectivity index (χ4v) is 6.69. The molecule has 0 bridgehead atoms. The number of hydrogen-bond donors (Lipinski definition) is 0.